The molecule has 1 fully saturated rings. The Morgan fingerprint density at radius 3 is 2.81 bits per heavy atom. The van der Waals surface area contributed by atoms with Crippen molar-refractivity contribution in [1.29, 1.82) is 0 Å². The number of nitrogens with one attached hydrogen (secondary N) is 1. The second-order valence-corrected chi connectivity index (χ2v) is 4.62. The summed E-state index contributed by atoms with van der Waals surface area (Å²) in [6.07, 6.45) is 1.70. The van der Waals surface area contributed by atoms with E-state index in [1.54, 1.807) is 30.2 Å². The maximum absolute atomic E-state index is 11.8. The first-order valence-corrected chi connectivity index (χ1v) is 6.64. The molecule has 1 aliphatic rings. The summed E-state index contributed by atoms with van der Waals surface area (Å²) in [6, 6.07) is 5.27. The Bertz CT molecular complexity index is 522. The van der Waals surface area contributed by atoms with E-state index >= 15 is 0 Å². The molecule has 3 N–H and O–H groups in total. The van der Waals surface area contributed by atoms with Crippen molar-refractivity contribution >= 4 is 35.6 Å². The van der Waals surface area contributed by atoms with Gasteiger partial charge in [-0.2, -0.15) is 0 Å². The number of rotatable bonds is 5. The van der Waals surface area contributed by atoms with Gasteiger partial charge in [-0.3, -0.25) is 9.59 Å². The zero-order chi connectivity index (χ0) is 14.5. The number of ether oxygens (including phenoxy) is 1. The average Bonchev–Trinajstić information content (AvgIpc) is 2.85. The molecule has 1 heterocycles. The minimum absolute atomic E-state index is 0. The van der Waals surface area contributed by atoms with Crippen LogP contribution in [0.2, 0.25) is 0 Å². The molecule has 1 saturated heterocycles. The third-order valence-corrected chi connectivity index (χ3v) is 3.20. The fraction of sp³-hybridized carbons (Fsp3) is 0.429. The van der Waals surface area contributed by atoms with E-state index in [2.05, 4.69) is 5.32 Å². The molecule has 21 heavy (non-hydrogen) atoms. The topological polar surface area (TPSA) is 84.7 Å². The number of hydrogen-bond donors (Lipinski definition) is 2. The molecular weight excluding hydrogens is 294 g/mol. The zero-order valence-corrected chi connectivity index (χ0v) is 12.7. The molecule has 1 aromatic rings. The summed E-state index contributed by atoms with van der Waals surface area (Å²) >= 11 is 0. The minimum atomic E-state index is -0.139. The van der Waals surface area contributed by atoms with Crippen LogP contribution in [0.5, 0.6) is 5.75 Å². The van der Waals surface area contributed by atoms with Crippen LogP contribution in [0.3, 0.4) is 0 Å². The van der Waals surface area contributed by atoms with Crippen molar-refractivity contribution < 1.29 is 14.3 Å². The van der Waals surface area contributed by atoms with Crippen LogP contribution in [0.4, 0.5) is 11.4 Å². The van der Waals surface area contributed by atoms with Gasteiger partial charge in [-0.1, -0.05) is 0 Å². The van der Waals surface area contributed by atoms with Crippen molar-refractivity contribution in [3.63, 3.8) is 0 Å². The van der Waals surface area contributed by atoms with Crippen LogP contribution < -0.4 is 20.7 Å². The monoisotopic (exact) mass is 313 g/mol. The van der Waals surface area contributed by atoms with Crippen molar-refractivity contribution in [3.8, 4) is 5.75 Å². The Morgan fingerprint density at radius 2 is 2.24 bits per heavy atom. The van der Waals surface area contributed by atoms with Gasteiger partial charge in [-0.15, -0.1) is 12.4 Å². The molecule has 0 spiro atoms. The van der Waals surface area contributed by atoms with Gasteiger partial charge >= 0.3 is 0 Å². The lowest BCUT2D eigenvalue weighted by Gasteiger charge is -2.19. The van der Waals surface area contributed by atoms with Crippen LogP contribution in [-0.2, 0) is 9.59 Å². The van der Waals surface area contributed by atoms with Gasteiger partial charge in [0.05, 0.1) is 12.8 Å². The largest absolute Gasteiger partial charge is 0.494 e. The SMILES string of the molecule is COc1cc(NC(=O)CCN)ccc1N1CCCC1=O.Cl. The number of halogens is 1. The highest BCUT2D eigenvalue weighted by molar-refractivity contribution is 5.97. The van der Waals surface area contributed by atoms with Crippen LogP contribution >= 0.6 is 12.4 Å². The Labute approximate surface area is 130 Å². The van der Waals surface area contributed by atoms with Gasteiger partial charge in [0.1, 0.15) is 5.75 Å². The van der Waals surface area contributed by atoms with Gasteiger partial charge in [0.15, 0.2) is 0 Å². The van der Waals surface area contributed by atoms with E-state index in [-0.39, 0.29) is 30.6 Å². The second kappa shape index (κ2) is 7.85. The summed E-state index contributed by atoms with van der Waals surface area (Å²) in [7, 11) is 1.55. The predicted octanol–water partition coefficient (Wildman–Crippen LogP) is 1.53. The summed E-state index contributed by atoms with van der Waals surface area (Å²) in [5.41, 5.74) is 6.71. The molecule has 0 aliphatic carbocycles. The van der Waals surface area contributed by atoms with E-state index in [9.17, 15) is 9.59 Å². The number of nitrogens with zero attached hydrogens (tertiary/aromatic N) is 1. The van der Waals surface area contributed by atoms with Crippen LogP contribution in [0.25, 0.3) is 0 Å². The highest BCUT2D eigenvalue weighted by Gasteiger charge is 2.24. The van der Waals surface area contributed by atoms with E-state index in [1.807, 2.05) is 0 Å². The van der Waals surface area contributed by atoms with Gasteiger partial charge in [0.2, 0.25) is 11.8 Å². The molecule has 1 aromatic carbocycles. The molecule has 6 nitrogen and oxygen atoms in total. The molecule has 0 bridgehead atoms. The van der Waals surface area contributed by atoms with Crippen molar-refractivity contribution in [2.75, 3.05) is 30.4 Å². The molecule has 0 unspecified atom stereocenters. The number of carbonyl (C=O) groups is 2. The van der Waals surface area contributed by atoms with E-state index < -0.39 is 0 Å². The van der Waals surface area contributed by atoms with Crippen molar-refractivity contribution in [2.24, 2.45) is 5.73 Å². The summed E-state index contributed by atoms with van der Waals surface area (Å²) in [5, 5.41) is 2.74. The number of carbonyl (C=O) groups excluding carboxylic acids is 2. The fourth-order valence-corrected chi connectivity index (χ4v) is 2.24. The lowest BCUT2D eigenvalue weighted by Crippen LogP contribution is -2.24. The number of nitrogens with two attached hydrogens (primary N) is 1. The van der Waals surface area contributed by atoms with E-state index in [4.69, 9.17) is 10.5 Å². The first-order valence-electron chi connectivity index (χ1n) is 6.64. The van der Waals surface area contributed by atoms with Crippen molar-refractivity contribution in [3.05, 3.63) is 18.2 Å². The Balaban J connectivity index is 0.00000220. The molecule has 2 amide bonds. The quantitative estimate of drug-likeness (QED) is 0.863. The van der Waals surface area contributed by atoms with Gasteiger partial charge in [-0.25, -0.2) is 0 Å². The van der Waals surface area contributed by atoms with Crippen LogP contribution in [0.15, 0.2) is 18.2 Å². The van der Waals surface area contributed by atoms with Crippen LogP contribution in [-0.4, -0.2) is 32.0 Å². The van der Waals surface area contributed by atoms with Gasteiger partial charge in [0, 0.05) is 37.7 Å². The standard InChI is InChI=1S/C14H19N3O3.ClH/c1-20-12-9-10(16-13(18)6-7-15)4-5-11(12)17-8-2-3-14(17)19;/h4-5,9H,2-3,6-8,15H2,1H3,(H,16,18);1H. The molecular formula is C14H20ClN3O3. The molecule has 0 atom stereocenters. The molecule has 2 rings (SSSR count). The smallest absolute Gasteiger partial charge is 0.227 e. The Hall–Kier alpha value is -1.79. The highest BCUT2D eigenvalue weighted by atomic mass is 35.5. The van der Waals surface area contributed by atoms with E-state index in [1.165, 1.54) is 0 Å². The number of benzene rings is 1. The summed E-state index contributed by atoms with van der Waals surface area (Å²) in [6.45, 7) is 1.01. The fourth-order valence-electron chi connectivity index (χ4n) is 2.24. The maximum atomic E-state index is 11.8. The first-order chi connectivity index (χ1) is 9.65. The Morgan fingerprint density at radius 1 is 1.48 bits per heavy atom. The molecule has 0 aromatic heterocycles. The van der Waals surface area contributed by atoms with Gasteiger partial charge in [-0.05, 0) is 18.6 Å². The lowest BCUT2D eigenvalue weighted by atomic mass is 10.2. The molecule has 0 radical (unpaired) electrons. The van der Waals surface area contributed by atoms with Gasteiger partial charge < -0.3 is 20.7 Å². The van der Waals surface area contributed by atoms with E-state index in [0.717, 1.165) is 12.1 Å². The third-order valence-electron chi connectivity index (χ3n) is 3.20. The van der Waals surface area contributed by atoms with Crippen molar-refractivity contribution in [2.45, 2.75) is 19.3 Å². The molecule has 1 aliphatic heterocycles. The predicted molar refractivity (Wildman–Crippen MR) is 84.1 cm³/mol. The normalized spacial score (nSPS) is 13.8. The first kappa shape index (κ1) is 17.3. The zero-order valence-electron chi connectivity index (χ0n) is 11.9. The summed E-state index contributed by atoms with van der Waals surface area (Å²) in [4.78, 5) is 25.0. The average molecular weight is 314 g/mol. The lowest BCUT2D eigenvalue weighted by molar-refractivity contribution is -0.117. The molecule has 0 saturated carbocycles. The van der Waals surface area contributed by atoms with Crippen LogP contribution in [0.1, 0.15) is 19.3 Å². The highest BCUT2D eigenvalue weighted by Crippen LogP contribution is 2.33. The van der Waals surface area contributed by atoms with E-state index in [0.29, 0.717) is 30.9 Å². The molecule has 116 valence electrons. The maximum Gasteiger partial charge on any atom is 0.227 e. The number of anilines is 2. The third kappa shape index (κ3) is 4.09. The van der Waals surface area contributed by atoms with Crippen molar-refractivity contribution in [1.82, 2.24) is 0 Å². The molecule has 7 heteroatoms. The van der Waals surface area contributed by atoms with Gasteiger partial charge in [0.25, 0.3) is 0 Å². The second-order valence-electron chi connectivity index (χ2n) is 4.62. The van der Waals surface area contributed by atoms with Crippen LogP contribution in [0, 0.1) is 0 Å². The number of hydrogen-bond acceptors (Lipinski definition) is 4. The minimum Gasteiger partial charge on any atom is -0.494 e. The Kier molecular flexibility index (Phi) is 6.45. The number of methoxy groups -OCH3 is 1. The summed E-state index contributed by atoms with van der Waals surface area (Å²) < 4.78 is 5.32. The number of amides is 2. The summed E-state index contributed by atoms with van der Waals surface area (Å²) in [5.74, 6) is 0.536.